The molecule has 0 aromatic heterocycles. The number of hydrogen-bond donors (Lipinski definition) is 2. The van der Waals surface area contributed by atoms with Crippen molar-refractivity contribution in [1.29, 1.82) is 0 Å². The lowest BCUT2D eigenvalue weighted by molar-refractivity contribution is -0.541. The molecule has 0 aliphatic carbocycles. The van der Waals surface area contributed by atoms with Gasteiger partial charge in [-0.05, 0) is 0 Å². The topological polar surface area (TPSA) is 127 Å². The van der Waals surface area contributed by atoms with Crippen molar-refractivity contribution in [3.05, 3.63) is 20.2 Å². The van der Waals surface area contributed by atoms with Crippen LogP contribution in [0.4, 0.5) is 0 Å². The lowest BCUT2D eigenvalue weighted by Gasteiger charge is -2.08. The highest BCUT2D eigenvalue weighted by molar-refractivity contribution is 4.60. The molecule has 0 saturated heterocycles. The van der Waals surface area contributed by atoms with Crippen LogP contribution >= 0.6 is 0 Å². The van der Waals surface area contributed by atoms with Crippen LogP contribution < -0.4 is 0 Å². The SMILES string of the molecule is O=[N+]([O-])[C@@H](CO)CC[C@H](CO)[N+](=O)[O-]. The Balaban J connectivity index is 4.00. The zero-order chi connectivity index (χ0) is 11.1. The molecule has 0 fully saturated rings. The first kappa shape index (κ1) is 12.7. The van der Waals surface area contributed by atoms with Crippen molar-refractivity contribution in [3.8, 4) is 0 Å². The van der Waals surface area contributed by atoms with Gasteiger partial charge < -0.3 is 10.2 Å². The minimum atomic E-state index is -1.19. The first-order chi connectivity index (χ1) is 6.52. The third-order valence-electron chi connectivity index (χ3n) is 1.85. The molecule has 14 heavy (non-hydrogen) atoms. The second-order valence-electron chi connectivity index (χ2n) is 2.82. The standard InChI is InChI=1S/C6H12N2O6/c9-3-5(7(11)12)1-2-6(4-10)8(13)14/h5-6,9-10H,1-4H2/t5-,6-/m1/s1. The summed E-state index contributed by atoms with van der Waals surface area (Å²) in [5.41, 5.74) is 0. The predicted octanol–water partition coefficient (Wildman–Crippen LogP) is -0.958. The second-order valence-corrected chi connectivity index (χ2v) is 2.82. The summed E-state index contributed by atoms with van der Waals surface area (Å²) in [5, 5.41) is 37.5. The van der Waals surface area contributed by atoms with E-state index in [0.717, 1.165) is 0 Å². The Morgan fingerprint density at radius 3 is 1.36 bits per heavy atom. The molecule has 0 aliphatic heterocycles. The summed E-state index contributed by atoms with van der Waals surface area (Å²) >= 11 is 0. The van der Waals surface area contributed by atoms with E-state index < -0.39 is 35.1 Å². The lowest BCUT2D eigenvalue weighted by Crippen LogP contribution is -2.29. The summed E-state index contributed by atoms with van der Waals surface area (Å²) < 4.78 is 0. The van der Waals surface area contributed by atoms with E-state index in [9.17, 15) is 20.2 Å². The Kier molecular flexibility index (Phi) is 5.65. The summed E-state index contributed by atoms with van der Waals surface area (Å²) in [6.45, 7) is -1.30. The third-order valence-corrected chi connectivity index (χ3v) is 1.85. The Hall–Kier alpha value is -1.28. The largest absolute Gasteiger partial charge is 0.389 e. The van der Waals surface area contributed by atoms with Gasteiger partial charge in [-0.3, -0.25) is 20.2 Å². The summed E-state index contributed by atoms with van der Waals surface area (Å²) in [6.07, 6.45) is -0.231. The smallest absolute Gasteiger partial charge is 0.236 e. The van der Waals surface area contributed by atoms with Crippen LogP contribution in [0.5, 0.6) is 0 Å². The molecule has 0 spiro atoms. The fourth-order valence-electron chi connectivity index (χ4n) is 0.911. The number of rotatable bonds is 7. The van der Waals surface area contributed by atoms with Crippen molar-refractivity contribution in [2.45, 2.75) is 24.9 Å². The highest BCUT2D eigenvalue weighted by atomic mass is 16.6. The van der Waals surface area contributed by atoms with Gasteiger partial charge in [-0.15, -0.1) is 0 Å². The van der Waals surface area contributed by atoms with Gasteiger partial charge in [0, 0.05) is 22.7 Å². The van der Waals surface area contributed by atoms with E-state index in [2.05, 4.69) is 0 Å². The fourth-order valence-corrected chi connectivity index (χ4v) is 0.911. The first-order valence-corrected chi connectivity index (χ1v) is 4.01. The van der Waals surface area contributed by atoms with Gasteiger partial charge in [0.15, 0.2) is 0 Å². The molecule has 0 bridgehead atoms. The molecule has 0 amide bonds. The van der Waals surface area contributed by atoms with E-state index in [-0.39, 0.29) is 12.8 Å². The average molecular weight is 208 g/mol. The predicted molar refractivity (Wildman–Crippen MR) is 45.0 cm³/mol. The van der Waals surface area contributed by atoms with E-state index in [4.69, 9.17) is 10.2 Å². The highest BCUT2D eigenvalue weighted by Gasteiger charge is 2.25. The molecule has 0 heterocycles. The Bertz CT molecular complexity index is 186. The van der Waals surface area contributed by atoms with Gasteiger partial charge in [-0.25, -0.2) is 0 Å². The van der Waals surface area contributed by atoms with Crippen LogP contribution in [-0.4, -0.2) is 45.4 Å². The summed E-state index contributed by atoms with van der Waals surface area (Å²) in [5.74, 6) is 0. The van der Waals surface area contributed by atoms with Crippen LogP contribution in [0.3, 0.4) is 0 Å². The molecule has 0 radical (unpaired) electrons. The molecule has 8 heteroatoms. The maximum Gasteiger partial charge on any atom is 0.236 e. The Labute approximate surface area is 79.5 Å². The minimum absolute atomic E-state index is 0.115. The molecule has 8 nitrogen and oxygen atoms in total. The van der Waals surface area contributed by atoms with Crippen molar-refractivity contribution in [1.82, 2.24) is 0 Å². The molecule has 0 unspecified atom stereocenters. The molecule has 2 N–H and O–H groups in total. The van der Waals surface area contributed by atoms with Gasteiger partial charge in [0.1, 0.15) is 13.2 Å². The Morgan fingerprint density at radius 1 is 0.929 bits per heavy atom. The minimum Gasteiger partial charge on any atom is -0.389 e. The highest BCUT2D eigenvalue weighted by Crippen LogP contribution is 2.06. The fraction of sp³-hybridized carbons (Fsp3) is 1.00. The van der Waals surface area contributed by atoms with Crippen LogP contribution in [-0.2, 0) is 0 Å². The van der Waals surface area contributed by atoms with Crippen molar-refractivity contribution < 1.29 is 20.1 Å². The molecule has 0 aromatic carbocycles. The van der Waals surface area contributed by atoms with Gasteiger partial charge in [0.25, 0.3) is 0 Å². The van der Waals surface area contributed by atoms with Crippen LogP contribution in [0.25, 0.3) is 0 Å². The number of aliphatic hydroxyl groups excluding tert-OH is 2. The number of hydrogen-bond acceptors (Lipinski definition) is 6. The van der Waals surface area contributed by atoms with Gasteiger partial charge in [-0.1, -0.05) is 0 Å². The van der Waals surface area contributed by atoms with E-state index in [1.807, 2.05) is 0 Å². The van der Waals surface area contributed by atoms with Crippen LogP contribution in [0.1, 0.15) is 12.8 Å². The van der Waals surface area contributed by atoms with Crippen molar-refractivity contribution >= 4 is 0 Å². The van der Waals surface area contributed by atoms with Gasteiger partial charge in [0.2, 0.25) is 12.1 Å². The zero-order valence-corrected chi connectivity index (χ0v) is 7.40. The molecule has 0 rings (SSSR count). The third kappa shape index (κ3) is 4.10. The number of nitro groups is 2. The van der Waals surface area contributed by atoms with E-state index >= 15 is 0 Å². The van der Waals surface area contributed by atoms with Crippen LogP contribution in [0, 0.1) is 20.2 Å². The molecule has 0 saturated carbocycles. The van der Waals surface area contributed by atoms with Crippen molar-refractivity contribution in [2.75, 3.05) is 13.2 Å². The molecule has 0 aromatic rings. The molecular weight excluding hydrogens is 196 g/mol. The van der Waals surface area contributed by atoms with E-state index in [1.54, 1.807) is 0 Å². The van der Waals surface area contributed by atoms with Crippen molar-refractivity contribution in [3.63, 3.8) is 0 Å². The van der Waals surface area contributed by atoms with Gasteiger partial charge >= 0.3 is 0 Å². The molecule has 0 aliphatic rings. The molecular formula is C6H12N2O6. The zero-order valence-electron chi connectivity index (χ0n) is 7.40. The number of aliphatic hydroxyl groups is 2. The maximum absolute atomic E-state index is 10.2. The average Bonchev–Trinajstić information content (AvgIpc) is 2.11. The molecule has 82 valence electrons. The van der Waals surface area contributed by atoms with E-state index in [1.165, 1.54) is 0 Å². The van der Waals surface area contributed by atoms with Crippen LogP contribution in [0.2, 0.25) is 0 Å². The summed E-state index contributed by atoms with van der Waals surface area (Å²) in [4.78, 5) is 19.1. The van der Waals surface area contributed by atoms with Gasteiger partial charge in [0.05, 0.1) is 0 Å². The first-order valence-electron chi connectivity index (χ1n) is 4.01. The summed E-state index contributed by atoms with van der Waals surface area (Å²) in [6, 6.07) is -2.38. The van der Waals surface area contributed by atoms with Crippen LogP contribution in [0.15, 0.2) is 0 Å². The summed E-state index contributed by atoms with van der Waals surface area (Å²) in [7, 11) is 0. The van der Waals surface area contributed by atoms with Crippen molar-refractivity contribution in [2.24, 2.45) is 0 Å². The normalized spacial score (nSPS) is 14.7. The maximum atomic E-state index is 10.2. The second kappa shape index (κ2) is 6.22. The molecule has 2 atom stereocenters. The monoisotopic (exact) mass is 208 g/mol. The number of nitrogens with zero attached hydrogens (tertiary/aromatic N) is 2. The van der Waals surface area contributed by atoms with Gasteiger partial charge in [-0.2, -0.15) is 0 Å². The van der Waals surface area contributed by atoms with E-state index in [0.29, 0.717) is 0 Å². The Morgan fingerprint density at radius 2 is 1.21 bits per heavy atom. The lowest BCUT2D eigenvalue weighted by atomic mass is 10.1. The quantitative estimate of drug-likeness (QED) is 0.409.